The summed E-state index contributed by atoms with van der Waals surface area (Å²) >= 11 is 6.04. The topological polar surface area (TPSA) is 67.1 Å². The molecule has 0 saturated carbocycles. The Labute approximate surface area is 177 Å². The normalized spacial score (nSPS) is 11.8. The van der Waals surface area contributed by atoms with Gasteiger partial charge in [-0.3, -0.25) is 9.67 Å². The van der Waals surface area contributed by atoms with Crippen LogP contribution in [0, 0.1) is 0 Å². The van der Waals surface area contributed by atoms with Gasteiger partial charge in [0.1, 0.15) is 12.2 Å². The third-order valence-electron chi connectivity index (χ3n) is 4.85. The monoisotopic (exact) mass is 490 g/mol. The Morgan fingerprint density at radius 1 is 1.19 bits per heavy atom. The smallest absolute Gasteiger partial charge is 0.191 e. The number of halogens is 2. The van der Waals surface area contributed by atoms with E-state index >= 15 is 0 Å². The maximum atomic E-state index is 6.04. The Balaban J connectivity index is 0.00000338. The summed E-state index contributed by atoms with van der Waals surface area (Å²) < 4.78 is 1.75. The maximum absolute atomic E-state index is 6.04. The SMILES string of the molecule is CCC(CC)(CNC(=NC)NCc1ncnn1C)c1ccc(Cl)cc1.I. The molecule has 0 aliphatic heterocycles. The van der Waals surface area contributed by atoms with Crippen LogP contribution < -0.4 is 10.6 Å². The van der Waals surface area contributed by atoms with Gasteiger partial charge in [-0.05, 0) is 30.5 Å². The summed E-state index contributed by atoms with van der Waals surface area (Å²) in [5, 5.41) is 11.6. The molecule has 8 heteroatoms. The van der Waals surface area contributed by atoms with Crippen LogP contribution in [0.5, 0.6) is 0 Å². The molecule has 2 rings (SSSR count). The van der Waals surface area contributed by atoms with E-state index in [0.29, 0.717) is 6.54 Å². The fourth-order valence-electron chi connectivity index (χ4n) is 2.93. The van der Waals surface area contributed by atoms with Gasteiger partial charge in [0.25, 0.3) is 0 Å². The highest BCUT2D eigenvalue weighted by molar-refractivity contribution is 14.0. The fourth-order valence-corrected chi connectivity index (χ4v) is 3.06. The van der Waals surface area contributed by atoms with Crippen LogP contribution >= 0.6 is 35.6 Å². The van der Waals surface area contributed by atoms with Gasteiger partial charge in [-0.15, -0.1) is 24.0 Å². The van der Waals surface area contributed by atoms with Crippen molar-refractivity contribution in [3.05, 3.63) is 47.0 Å². The van der Waals surface area contributed by atoms with E-state index in [0.717, 1.165) is 36.2 Å². The minimum atomic E-state index is 0. The zero-order valence-corrected chi connectivity index (χ0v) is 18.9. The van der Waals surface area contributed by atoms with Gasteiger partial charge in [0.15, 0.2) is 5.96 Å². The molecule has 0 saturated heterocycles. The zero-order valence-electron chi connectivity index (χ0n) is 15.8. The van der Waals surface area contributed by atoms with Crippen LogP contribution in [0.1, 0.15) is 38.1 Å². The van der Waals surface area contributed by atoms with Gasteiger partial charge in [0.2, 0.25) is 0 Å². The van der Waals surface area contributed by atoms with Crippen molar-refractivity contribution in [3.8, 4) is 0 Å². The highest BCUT2D eigenvalue weighted by atomic mass is 127. The van der Waals surface area contributed by atoms with E-state index < -0.39 is 0 Å². The molecule has 0 fully saturated rings. The Morgan fingerprint density at radius 2 is 1.85 bits per heavy atom. The molecule has 0 unspecified atom stereocenters. The lowest BCUT2D eigenvalue weighted by Gasteiger charge is -2.33. The van der Waals surface area contributed by atoms with Gasteiger partial charge in [0, 0.05) is 31.1 Å². The van der Waals surface area contributed by atoms with Crippen molar-refractivity contribution in [2.75, 3.05) is 13.6 Å². The first-order chi connectivity index (χ1) is 12.0. The Bertz CT molecular complexity index is 694. The highest BCUT2D eigenvalue weighted by Crippen LogP contribution is 2.31. The van der Waals surface area contributed by atoms with Gasteiger partial charge in [0.05, 0.1) is 6.54 Å². The van der Waals surface area contributed by atoms with Crippen molar-refractivity contribution in [1.82, 2.24) is 25.4 Å². The third kappa shape index (κ3) is 5.57. The summed E-state index contributed by atoms with van der Waals surface area (Å²) in [6, 6.07) is 8.15. The lowest BCUT2D eigenvalue weighted by Crippen LogP contribution is -2.45. The van der Waals surface area contributed by atoms with E-state index in [1.54, 1.807) is 18.1 Å². The second kappa shape index (κ2) is 10.7. The van der Waals surface area contributed by atoms with E-state index in [2.05, 4.69) is 51.7 Å². The first kappa shape index (κ1) is 22.7. The van der Waals surface area contributed by atoms with Crippen molar-refractivity contribution in [2.24, 2.45) is 12.0 Å². The van der Waals surface area contributed by atoms with Crippen LogP contribution in [-0.2, 0) is 19.0 Å². The van der Waals surface area contributed by atoms with Gasteiger partial charge in [-0.1, -0.05) is 37.6 Å². The second-order valence-corrected chi connectivity index (χ2v) is 6.51. The van der Waals surface area contributed by atoms with Crippen molar-refractivity contribution >= 4 is 41.5 Å². The molecular weight excluding hydrogens is 463 g/mol. The zero-order chi connectivity index (χ0) is 18.3. The quantitative estimate of drug-likeness (QED) is 0.354. The molecule has 26 heavy (non-hydrogen) atoms. The molecule has 0 spiro atoms. The molecule has 2 aromatic rings. The van der Waals surface area contributed by atoms with Crippen LogP contribution in [0.3, 0.4) is 0 Å². The molecular formula is C18H28ClIN6. The number of rotatable bonds is 7. The number of hydrogen-bond donors (Lipinski definition) is 2. The summed E-state index contributed by atoms with van der Waals surface area (Å²) in [6.45, 7) is 5.80. The van der Waals surface area contributed by atoms with Gasteiger partial charge in [-0.2, -0.15) is 5.10 Å². The van der Waals surface area contributed by atoms with Gasteiger partial charge in [-0.25, -0.2) is 4.98 Å². The molecule has 0 radical (unpaired) electrons. The average Bonchev–Trinajstić information content (AvgIpc) is 3.05. The summed E-state index contributed by atoms with van der Waals surface area (Å²) in [7, 11) is 3.65. The van der Waals surface area contributed by atoms with E-state index in [-0.39, 0.29) is 29.4 Å². The Kier molecular flexibility index (Phi) is 9.35. The molecule has 0 amide bonds. The molecule has 0 bridgehead atoms. The number of aromatic nitrogens is 3. The highest BCUT2D eigenvalue weighted by Gasteiger charge is 2.28. The number of hydrogen-bond acceptors (Lipinski definition) is 3. The minimum Gasteiger partial charge on any atom is -0.356 e. The number of aryl methyl sites for hydroxylation is 1. The predicted octanol–water partition coefficient (Wildman–Crippen LogP) is 3.51. The molecule has 6 nitrogen and oxygen atoms in total. The van der Waals surface area contributed by atoms with E-state index in [1.165, 1.54) is 5.56 Å². The van der Waals surface area contributed by atoms with Crippen LogP contribution in [-0.4, -0.2) is 34.3 Å². The molecule has 0 aliphatic rings. The lowest BCUT2D eigenvalue weighted by atomic mass is 9.76. The standard InChI is InChI=1S/C18H27ClN6.HI/c1-5-18(6-2,14-7-9-15(19)10-8-14)12-22-17(20-3)21-11-16-23-13-24-25(16)4;/h7-10,13H,5-6,11-12H2,1-4H3,(H2,20,21,22);1H. The van der Waals surface area contributed by atoms with Gasteiger partial charge < -0.3 is 10.6 Å². The number of aliphatic imine (C=N–C) groups is 1. The van der Waals surface area contributed by atoms with E-state index in [1.807, 2.05) is 19.2 Å². The summed E-state index contributed by atoms with van der Waals surface area (Å²) in [5.74, 6) is 1.61. The van der Waals surface area contributed by atoms with Crippen molar-refractivity contribution in [2.45, 2.75) is 38.6 Å². The lowest BCUT2D eigenvalue weighted by molar-refractivity contribution is 0.389. The molecule has 144 valence electrons. The third-order valence-corrected chi connectivity index (χ3v) is 5.10. The van der Waals surface area contributed by atoms with E-state index in [4.69, 9.17) is 11.6 Å². The predicted molar refractivity (Wildman–Crippen MR) is 118 cm³/mol. The van der Waals surface area contributed by atoms with Crippen LogP contribution in [0.2, 0.25) is 5.02 Å². The van der Waals surface area contributed by atoms with Crippen LogP contribution in [0.15, 0.2) is 35.6 Å². The number of nitrogens with zero attached hydrogens (tertiary/aromatic N) is 4. The summed E-state index contributed by atoms with van der Waals surface area (Å²) in [5.41, 5.74) is 1.32. The Morgan fingerprint density at radius 3 is 2.35 bits per heavy atom. The number of guanidine groups is 1. The first-order valence-corrected chi connectivity index (χ1v) is 8.96. The Hall–Kier alpha value is -1.35. The first-order valence-electron chi connectivity index (χ1n) is 8.58. The van der Waals surface area contributed by atoms with Crippen molar-refractivity contribution in [1.29, 1.82) is 0 Å². The molecule has 2 N–H and O–H groups in total. The van der Waals surface area contributed by atoms with Gasteiger partial charge >= 0.3 is 0 Å². The summed E-state index contributed by atoms with van der Waals surface area (Å²) in [6.07, 6.45) is 3.60. The molecule has 0 atom stereocenters. The summed E-state index contributed by atoms with van der Waals surface area (Å²) in [4.78, 5) is 8.53. The fraction of sp³-hybridized carbons (Fsp3) is 0.500. The van der Waals surface area contributed by atoms with Crippen molar-refractivity contribution in [3.63, 3.8) is 0 Å². The van der Waals surface area contributed by atoms with E-state index in [9.17, 15) is 0 Å². The second-order valence-electron chi connectivity index (χ2n) is 6.07. The van der Waals surface area contributed by atoms with Crippen molar-refractivity contribution < 1.29 is 0 Å². The minimum absolute atomic E-state index is 0. The number of benzene rings is 1. The van der Waals surface area contributed by atoms with Crippen LogP contribution in [0.25, 0.3) is 0 Å². The maximum Gasteiger partial charge on any atom is 0.191 e. The average molecular weight is 491 g/mol. The molecule has 1 aromatic carbocycles. The molecule has 1 aromatic heterocycles. The van der Waals surface area contributed by atoms with Crippen LogP contribution in [0.4, 0.5) is 0 Å². The molecule has 0 aliphatic carbocycles. The number of nitrogens with one attached hydrogen (secondary N) is 2. The largest absolute Gasteiger partial charge is 0.356 e. The molecule has 1 heterocycles.